The average molecular weight is 250 g/mol. The van der Waals surface area contributed by atoms with E-state index in [1.165, 1.54) is 0 Å². The van der Waals surface area contributed by atoms with Crippen molar-refractivity contribution >= 4 is 5.69 Å². The van der Waals surface area contributed by atoms with Crippen LogP contribution in [-0.4, -0.2) is 12.1 Å². The Kier molecular flexibility index (Phi) is 3.91. The maximum Gasteiger partial charge on any atom is 0.146 e. The first kappa shape index (κ1) is 13.3. The molecule has 0 aliphatic carbocycles. The van der Waals surface area contributed by atoms with Crippen LogP contribution in [0.3, 0.4) is 0 Å². The molecule has 18 heavy (non-hydrogen) atoms. The molecule has 0 spiro atoms. The second-order valence-electron chi connectivity index (χ2n) is 5.36. The molecular weight excluding hydrogens is 227 g/mol. The van der Waals surface area contributed by atoms with Gasteiger partial charge in [0.05, 0.1) is 5.69 Å². The lowest BCUT2D eigenvalue weighted by Crippen LogP contribution is -2.36. The van der Waals surface area contributed by atoms with E-state index in [1.807, 2.05) is 13.0 Å². The molecule has 1 aromatic carbocycles. The smallest absolute Gasteiger partial charge is 0.146 e. The zero-order chi connectivity index (χ0) is 13.3. The SMILES string of the molecule is CCC1CCC(C)N1c1c(F)cccc1[C@H](C)N. The van der Waals surface area contributed by atoms with Crippen LogP contribution in [0, 0.1) is 5.82 Å². The maximum atomic E-state index is 14.2. The topological polar surface area (TPSA) is 29.3 Å². The predicted octanol–water partition coefficient (Wildman–Crippen LogP) is 3.61. The molecule has 2 unspecified atom stereocenters. The average Bonchev–Trinajstić information content (AvgIpc) is 2.70. The van der Waals surface area contributed by atoms with Crippen LogP contribution in [0.1, 0.15) is 51.6 Å². The van der Waals surface area contributed by atoms with Gasteiger partial charge in [-0.3, -0.25) is 0 Å². The Bertz CT molecular complexity index is 417. The summed E-state index contributed by atoms with van der Waals surface area (Å²) in [4.78, 5) is 2.24. The van der Waals surface area contributed by atoms with E-state index in [2.05, 4.69) is 18.7 Å². The van der Waals surface area contributed by atoms with Crippen molar-refractivity contribution in [1.29, 1.82) is 0 Å². The first-order valence-corrected chi connectivity index (χ1v) is 6.88. The Morgan fingerprint density at radius 3 is 2.78 bits per heavy atom. The molecule has 1 heterocycles. The van der Waals surface area contributed by atoms with E-state index in [0.717, 1.165) is 30.5 Å². The van der Waals surface area contributed by atoms with Crippen molar-refractivity contribution in [2.24, 2.45) is 5.73 Å². The number of anilines is 1. The fraction of sp³-hybridized carbons (Fsp3) is 0.600. The normalized spacial score (nSPS) is 25.5. The number of benzene rings is 1. The minimum atomic E-state index is -0.142. The Balaban J connectivity index is 2.48. The van der Waals surface area contributed by atoms with Crippen LogP contribution < -0.4 is 10.6 Å². The third-order valence-electron chi connectivity index (χ3n) is 4.02. The molecule has 1 aliphatic rings. The lowest BCUT2D eigenvalue weighted by Gasteiger charge is -2.33. The fourth-order valence-corrected chi connectivity index (χ4v) is 3.05. The predicted molar refractivity (Wildman–Crippen MR) is 74.3 cm³/mol. The molecule has 0 radical (unpaired) electrons. The van der Waals surface area contributed by atoms with Crippen LogP contribution in [0.15, 0.2) is 18.2 Å². The molecule has 1 fully saturated rings. The van der Waals surface area contributed by atoms with Gasteiger partial charge in [0.2, 0.25) is 0 Å². The van der Waals surface area contributed by atoms with E-state index < -0.39 is 0 Å². The third kappa shape index (κ3) is 2.24. The quantitative estimate of drug-likeness (QED) is 0.888. The summed E-state index contributed by atoms with van der Waals surface area (Å²) in [6, 6.07) is 5.93. The summed E-state index contributed by atoms with van der Waals surface area (Å²) >= 11 is 0. The Morgan fingerprint density at radius 2 is 2.17 bits per heavy atom. The van der Waals surface area contributed by atoms with Gasteiger partial charge in [0.25, 0.3) is 0 Å². The van der Waals surface area contributed by atoms with Crippen LogP contribution in [0.4, 0.5) is 10.1 Å². The highest BCUT2D eigenvalue weighted by Crippen LogP contribution is 2.37. The molecule has 0 bridgehead atoms. The summed E-state index contributed by atoms with van der Waals surface area (Å²) < 4.78 is 14.2. The second kappa shape index (κ2) is 5.27. The van der Waals surface area contributed by atoms with Crippen LogP contribution in [0.25, 0.3) is 0 Å². The summed E-state index contributed by atoms with van der Waals surface area (Å²) in [6.07, 6.45) is 3.33. The van der Waals surface area contributed by atoms with Crippen molar-refractivity contribution < 1.29 is 4.39 Å². The Hall–Kier alpha value is -1.09. The Labute approximate surface area is 109 Å². The number of nitrogens with zero attached hydrogens (tertiary/aromatic N) is 1. The molecule has 2 nitrogen and oxygen atoms in total. The van der Waals surface area contributed by atoms with Crippen molar-refractivity contribution in [3.8, 4) is 0 Å². The highest BCUT2D eigenvalue weighted by atomic mass is 19.1. The van der Waals surface area contributed by atoms with Crippen molar-refractivity contribution in [3.05, 3.63) is 29.6 Å². The number of para-hydroxylation sites is 1. The van der Waals surface area contributed by atoms with Crippen LogP contribution in [0.2, 0.25) is 0 Å². The standard InChI is InChI=1S/C15H23FN2/c1-4-12-9-8-10(2)18(12)15-13(11(3)17)6-5-7-14(15)16/h5-7,10-12H,4,8-9,17H2,1-3H3/t10?,11-,12?/m0/s1. The summed E-state index contributed by atoms with van der Waals surface area (Å²) in [6.45, 7) is 6.26. The molecule has 1 aromatic rings. The first-order chi connectivity index (χ1) is 8.56. The lowest BCUT2D eigenvalue weighted by molar-refractivity contribution is 0.575. The van der Waals surface area contributed by atoms with E-state index in [4.69, 9.17) is 5.73 Å². The molecular formula is C15H23FN2. The molecule has 1 saturated heterocycles. The van der Waals surface area contributed by atoms with Gasteiger partial charge < -0.3 is 10.6 Å². The van der Waals surface area contributed by atoms with Crippen LogP contribution in [0.5, 0.6) is 0 Å². The van der Waals surface area contributed by atoms with Gasteiger partial charge in [-0.1, -0.05) is 19.1 Å². The molecule has 3 heteroatoms. The number of halogens is 1. The van der Waals surface area contributed by atoms with Gasteiger partial charge in [-0.05, 0) is 44.7 Å². The van der Waals surface area contributed by atoms with Crippen LogP contribution in [-0.2, 0) is 0 Å². The second-order valence-corrected chi connectivity index (χ2v) is 5.36. The number of nitrogens with two attached hydrogens (primary N) is 1. The third-order valence-corrected chi connectivity index (χ3v) is 4.02. The van der Waals surface area contributed by atoms with Crippen LogP contribution >= 0.6 is 0 Å². The molecule has 2 N–H and O–H groups in total. The largest absolute Gasteiger partial charge is 0.363 e. The number of rotatable bonds is 3. The molecule has 3 atom stereocenters. The van der Waals surface area contributed by atoms with E-state index in [0.29, 0.717) is 12.1 Å². The minimum absolute atomic E-state index is 0.138. The van der Waals surface area contributed by atoms with Gasteiger partial charge in [-0.25, -0.2) is 4.39 Å². The van der Waals surface area contributed by atoms with Crippen molar-refractivity contribution in [3.63, 3.8) is 0 Å². The highest BCUT2D eigenvalue weighted by molar-refractivity contribution is 5.58. The van der Waals surface area contributed by atoms with Gasteiger partial charge in [-0.15, -0.1) is 0 Å². The van der Waals surface area contributed by atoms with Crippen molar-refractivity contribution in [2.45, 2.75) is 58.2 Å². The fourth-order valence-electron chi connectivity index (χ4n) is 3.05. The molecule has 0 amide bonds. The summed E-state index contributed by atoms with van der Waals surface area (Å²) in [5.74, 6) is -0.142. The summed E-state index contributed by atoms with van der Waals surface area (Å²) in [7, 11) is 0. The molecule has 0 aromatic heterocycles. The van der Waals surface area contributed by atoms with Gasteiger partial charge >= 0.3 is 0 Å². The zero-order valence-electron chi connectivity index (χ0n) is 11.5. The van der Waals surface area contributed by atoms with Crippen molar-refractivity contribution in [1.82, 2.24) is 0 Å². The number of hydrogen-bond acceptors (Lipinski definition) is 2. The Morgan fingerprint density at radius 1 is 1.44 bits per heavy atom. The summed E-state index contributed by atoms with van der Waals surface area (Å²) in [5, 5.41) is 0. The van der Waals surface area contributed by atoms with Crippen molar-refractivity contribution in [2.75, 3.05) is 4.90 Å². The molecule has 2 rings (SSSR count). The minimum Gasteiger partial charge on any atom is -0.363 e. The molecule has 1 aliphatic heterocycles. The maximum absolute atomic E-state index is 14.2. The first-order valence-electron chi connectivity index (χ1n) is 6.88. The van der Waals surface area contributed by atoms with Gasteiger partial charge in [0, 0.05) is 18.1 Å². The van der Waals surface area contributed by atoms with E-state index in [1.54, 1.807) is 12.1 Å². The number of hydrogen-bond donors (Lipinski definition) is 1. The van der Waals surface area contributed by atoms with E-state index in [-0.39, 0.29) is 11.9 Å². The zero-order valence-corrected chi connectivity index (χ0v) is 11.5. The lowest BCUT2D eigenvalue weighted by atomic mass is 10.0. The van der Waals surface area contributed by atoms with E-state index in [9.17, 15) is 4.39 Å². The summed E-state index contributed by atoms with van der Waals surface area (Å²) in [5.41, 5.74) is 7.63. The molecule has 100 valence electrons. The van der Waals surface area contributed by atoms with Gasteiger partial charge in [-0.2, -0.15) is 0 Å². The molecule has 0 saturated carbocycles. The van der Waals surface area contributed by atoms with Gasteiger partial charge in [0.15, 0.2) is 0 Å². The van der Waals surface area contributed by atoms with Gasteiger partial charge in [0.1, 0.15) is 5.82 Å². The highest BCUT2D eigenvalue weighted by Gasteiger charge is 2.32. The van der Waals surface area contributed by atoms with E-state index >= 15 is 0 Å². The monoisotopic (exact) mass is 250 g/mol.